The summed E-state index contributed by atoms with van der Waals surface area (Å²) >= 11 is 0. The van der Waals surface area contributed by atoms with Gasteiger partial charge in [0.05, 0.1) is 6.20 Å². The van der Waals surface area contributed by atoms with E-state index in [4.69, 9.17) is 0 Å². The first-order valence-electron chi connectivity index (χ1n) is 5.32. The fourth-order valence-corrected chi connectivity index (χ4v) is 1.78. The Kier molecular flexibility index (Phi) is 2.94. The third kappa shape index (κ3) is 2.32. The molecule has 0 unspecified atom stereocenters. The number of nitrogens with zero attached hydrogens (tertiary/aromatic N) is 3. The van der Waals surface area contributed by atoms with Crippen molar-refractivity contribution in [3.63, 3.8) is 0 Å². The highest BCUT2D eigenvalue weighted by molar-refractivity contribution is 5.91. The molecule has 1 aliphatic heterocycles. The van der Waals surface area contributed by atoms with Crippen LogP contribution in [0.3, 0.4) is 0 Å². The van der Waals surface area contributed by atoms with Crippen LogP contribution >= 0.6 is 0 Å². The Labute approximate surface area is 89.3 Å². The highest BCUT2D eigenvalue weighted by Crippen LogP contribution is 2.17. The van der Waals surface area contributed by atoms with Crippen molar-refractivity contribution < 1.29 is 4.79 Å². The van der Waals surface area contributed by atoms with Crippen molar-refractivity contribution in [2.75, 3.05) is 13.1 Å². The maximum Gasteiger partial charge on any atom is 0.274 e. The van der Waals surface area contributed by atoms with Crippen LogP contribution in [0.5, 0.6) is 0 Å². The van der Waals surface area contributed by atoms with Crippen LogP contribution in [0.4, 0.5) is 0 Å². The summed E-state index contributed by atoms with van der Waals surface area (Å²) in [5.41, 5.74) is 0.451. The van der Waals surface area contributed by atoms with Crippen LogP contribution in [0.15, 0.2) is 18.6 Å². The van der Waals surface area contributed by atoms with Crippen LogP contribution in [0.1, 0.15) is 30.3 Å². The van der Waals surface area contributed by atoms with Crippen LogP contribution in [0, 0.1) is 5.92 Å². The predicted molar refractivity (Wildman–Crippen MR) is 56.3 cm³/mol. The molecule has 0 N–H and O–H groups in total. The van der Waals surface area contributed by atoms with Gasteiger partial charge in [-0.2, -0.15) is 0 Å². The second-order valence-electron chi connectivity index (χ2n) is 4.07. The van der Waals surface area contributed by atoms with Crippen LogP contribution < -0.4 is 0 Å². The van der Waals surface area contributed by atoms with E-state index in [-0.39, 0.29) is 5.91 Å². The summed E-state index contributed by atoms with van der Waals surface area (Å²) < 4.78 is 0. The maximum atomic E-state index is 11.9. The van der Waals surface area contributed by atoms with Gasteiger partial charge in [-0.05, 0) is 18.8 Å². The van der Waals surface area contributed by atoms with Crippen molar-refractivity contribution in [3.8, 4) is 0 Å². The van der Waals surface area contributed by atoms with Gasteiger partial charge in [-0.3, -0.25) is 9.78 Å². The minimum absolute atomic E-state index is 0.00926. The second kappa shape index (κ2) is 4.38. The summed E-state index contributed by atoms with van der Waals surface area (Å²) in [5, 5.41) is 0. The Morgan fingerprint density at radius 2 is 2.13 bits per heavy atom. The van der Waals surface area contributed by atoms with Crippen molar-refractivity contribution in [2.24, 2.45) is 5.92 Å². The molecule has 1 amide bonds. The van der Waals surface area contributed by atoms with E-state index in [1.807, 2.05) is 4.90 Å². The minimum atomic E-state index is 0.00926. The molecule has 80 valence electrons. The molecule has 0 atom stereocenters. The van der Waals surface area contributed by atoms with Gasteiger partial charge in [0.1, 0.15) is 5.69 Å². The van der Waals surface area contributed by atoms with Crippen molar-refractivity contribution in [1.82, 2.24) is 14.9 Å². The number of piperidine rings is 1. The largest absolute Gasteiger partial charge is 0.337 e. The monoisotopic (exact) mass is 205 g/mol. The molecule has 0 spiro atoms. The number of rotatable bonds is 1. The first kappa shape index (κ1) is 10.1. The van der Waals surface area contributed by atoms with E-state index >= 15 is 0 Å². The molecule has 0 bridgehead atoms. The molecule has 0 aliphatic carbocycles. The Morgan fingerprint density at radius 3 is 2.73 bits per heavy atom. The molecule has 4 nitrogen and oxygen atoms in total. The average Bonchev–Trinajstić information content (AvgIpc) is 2.30. The topological polar surface area (TPSA) is 46.1 Å². The van der Waals surface area contributed by atoms with Crippen LogP contribution in [-0.2, 0) is 0 Å². The highest BCUT2D eigenvalue weighted by Gasteiger charge is 2.21. The van der Waals surface area contributed by atoms with E-state index < -0.39 is 0 Å². The van der Waals surface area contributed by atoms with Gasteiger partial charge in [-0.25, -0.2) is 4.98 Å². The SMILES string of the molecule is CC1CCN(C(=O)c2cnccn2)CC1. The molecule has 0 aromatic carbocycles. The Hall–Kier alpha value is -1.45. The average molecular weight is 205 g/mol. The van der Waals surface area contributed by atoms with Crippen molar-refractivity contribution in [3.05, 3.63) is 24.3 Å². The molecule has 2 rings (SSSR count). The molecule has 1 aromatic rings. The van der Waals surface area contributed by atoms with Gasteiger partial charge < -0.3 is 4.90 Å². The smallest absolute Gasteiger partial charge is 0.274 e. The number of hydrogen-bond donors (Lipinski definition) is 0. The first-order chi connectivity index (χ1) is 7.27. The van der Waals surface area contributed by atoms with E-state index in [0.717, 1.165) is 31.8 Å². The number of carbonyl (C=O) groups excluding carboxylic acids is 1. The fourth-order valence-electron chi connectivity index (χ4n) is 1.78. The maximum absolute atomic E-state index is 11.9. The lowest BCUT2D eigenvalue weighted by Crippen LogP contribution is -2.38. The molecule has 1 saturated heterocycles. The van der Waals surface area contributed by atoms with Gasteiger partial charge in [0.25, 0.3) is 5.91 Å². The fraction of sp³-hybridized carbons (Fsp3) is 0.545. The number of amides is 1. The molecule has 1 aliphatic rings. The van der Waals surface area contributed by atoms with Crippen molar-refractivity contribution >= 4 is 5.91 Å². The Bertz CT molecular complexity index is 331. The minimum Gasteiger partial charge on any atom is -0.337 e. The standard InChI is InChI=1S/C11H15N3O/c1-9-2-6-14(7-3-9)11(15)10-8-12-4-5-13-10/h4-5,8-9H,2-3,6-7H2,1H3. The van der Waals surface area contributed by atoms with Gasteiger partial charge >= 0.3 is 0 Å². The van der Waals surface area contributed by atoms with Gasteiger partial charge in [0, 0.05) is 25.5 Å². The molecule has 15 heavy (non-hydrogen) atoms. The van der Waals surface area contributed by atoms with E-state index in [0.29, 0.717) is 5.69 Å². The second-order valence-corrected chi connectivity index (χ2v) is 4.07. The normalized spacial score (nSPS) is 17.8. The van der Waals surface area contributed by atoms with Crippen LogP contribution in [-0.4, -0.2) is 33.9 Å². The Balaban J connectivity index is 2.03. The highest BCUT2D eigenvalue weighted by atomic mass is 16.2. The van der Waals surface area contributed by atoms with E-state index in [1.165, 1.54) is 6.20 Å². The van der Waals surface area contributed by atoms with Gasteiger partial charge in [-0.1, -0.05) is 6.92 Å². The summed E-state index contributed by atoms with van der Waals surface area (Å²) in [4.78, 5) is 21.7. The number of carbonyl (C=O) groups is 1. The summed E-state index contributed by atoms with van der Waals surface area (Å²) in [7, 11) is 0. The molecule has 2 heterocycles. The number of hydrogen-bond acceptors (Lipinski definition) is 3. The third-order valence-corrected chi connectivity index (χ3v) is 2.85. The first-order valence-corrected chi connectivity index (χ1v) is 5.32. The lowest BCUT2D eigenvalue weighted by Gasteiger charge is -2.29. The van der Waals surface area contributed by atoms with Crippen molar-refractivity contribution in [2.45, 2.75) is 19.8 Å². The van der Waals surface area contributed by atoms with E-state index in [2.05, 4.69) is 16.9 Å². The third-order valence-electron chi connectivity index (χ3n) is 2.85. The van der Waals surface area contributed by atoms with Gasteiger partial charge in [0.15, 0.2) is 0 Å². The van der Waals surface area contributed by atoms with Gasteiger partial charge in [-0.15, -0.1) is 0 Å². The van der Waals surface area contributed by atoms with Crippen LogP contribution in [0.25, 0.3) is 0 Å². The lowest BCUT2D eigenvalue weighted by molar-refractivity contribution is 0.0691. The number of aromatic nitrogens is 2. The molecular formula is C11H15N3O. The zero-order valence-electron chi connectivity index (χ0n) is 8.89. The molecule has 0 radical (unpaired) electrons. The number of likely N-dealkylation sites (tertiary alicyclic amines) is 1. The van der Waals surface area contributed by atoms with E-state index in [1.54, 1.807) is 12.4 Å². The quantitative estimate of drug-likeness (QED) is 0.695. The summed E-state index contributed by atoms with van der Waals surface area (Å²) in [6, 6.07) is 0. The summed E-state index contributed by atoms with van der Waals surface area (Å²) in [6.07, 6.45) is 6.84. The Morgan fingerprint density at radius 1 is 1.40 bits per heavy atom. The van der Waals surface area contributed by atoms with Crippen LogP contribution in [0.2, 0.25) is 0 Å². The molecule has 1 aromatic heterocycles. The lowest BCUT2D eigenvalue weighted by atomic mass is 9.99. The van der Waals surface area contributed by atoms with Crippen molar-refractivity contribution in [1.29, 1.82) is 0 Å². The summed E-state index contributed by atoms with van der Waals surface area (Å²) in [6.45, 7) is 3.91. The van der Waals surface area contributed by atoms with E-state index in [9.17, 15) is 4.79 Å². The zero-order chi connectivity index (χ0) is 10.7. The molecule has 0 saturated carbocycles. The van der Waals surface area contributed by atoms with Gasteiger partial charge in [0.2, 0.25) is 0 Å². The zero-order valence-corrected chi connectivity index (χ0v) is 8.89. The molecular weight excluding hydrogens is 190 g/mol. The predicted octanol–water partition coefficient (Wildman–Crippen LogP) is 1.35. The summed E-state index contributed by atoms with van der Waals surface area (Å²) in [5.74, 6) is 0.742. The molecule has 4 heteroatoms. The molecule has 1 fully saturated rings.